The number of alkyl halides is 1. The summed E-state index contributed by atoms with van der Waals surface area (Å²) in [6, 6.07) is 16.3. The van der Waals surface area contributed by atoms with Crippen LogP contribution in [0.1, 0.15) is 54.6 Å². The molecule has 0 N–H and O–H groups in total. The molecule has 0 bridgehead atoms. The van der Waals surface area contributed by atoms with Crippen LogP contribution in [0.4, 0.5) is 0 Å². The minimum absolute atomic E-state index is 0.0156. The number of hydrogen-bond donors (Lipinski definition) is 0. The molecule has 2 aromatic rings. The Balaban J connectivity index is 1.97. The van der Waals surface area contributed by atoms with Crippen molar-refractivity contribution in [2.45, 2.75) is 44.5 Å². The maximum absolute atomic E-state index is 11.8. The molecule has 0 amide bonds. The molecular weight excluding hydrogens is 404 g/mol. The first-order valence-corrected chi connectivity index (χ1v) is 10.2. The van der Waals surface area contributed by atoms with E-state index >= 15 is 0 Å². The lowest BCUT2D eigenvalue weighted by Gasteiger charge is -2.14. The number of ether oxygens (including phenoxy) is 2. The van der Waals surface area contributed by atoms with Gasteiger partial charge < -0.3 is 9.47 Å². The maximum Gasteiger partial charge on any atom is 0.306 e. The monoisotopic (exact) mass is 430 g/mol. The van der Waals surface area contributed by atoms with E-state index in [4.69, 9.17) is 9.47 Å². The predicted molar refractivity (Wildman–Crippen MR) is 113 cm³/mol. The topological polar surface area (TPSA) is 35.5 Å². The Hall–Kier alpha value is -2.07. The van der Waals surface area contributed by atoms with Crippen molar-refractivity contribution in [3.63, 3.8) is 0 Å². The van der Waals surface area contributed by atoms with Crippen molar-refractivity contribution in [2.24, 2.45) is 0 Å². The summed E-state index contributed by atoms with van der Waals surface area (Å²) in [7, 11) is 0. The molecule has 1 unspecified atom stereocenters. The number of hydrogen-bond acceptors (Lipinski definition) is 3. The summed E-state index contributed by atoms with van der Waals surface area (Å²) in [6.45, 7) is 6.82. The minimum atomic E-state index is -0.179. The molecule has 0 radical (unpaired) electrons. The van der Waals surface area contributed by atoms with Crippen LogP contribution in [0, 0.1) is 0 Å². The van der Waals surface area contributed by atoms with E-state index in [1.54, 1.807) is 0 Å². The number of halogens is 1. The second-order valence-corrected chi connectivity index (χ2v) is 7.73. The third-order valence-electron chi connectivity index (χ3n) is 4.27. The van der Waals surface area contributed by atoms with Crippen LogP contribution >= 0.6 is 15.9 Å². The van der Waals surface area contributed by atoms with Gasteiger partial charge in [0.2, 0.25) is 0 Å². The van der Waals surface area contributed by atoms with Crippen LogP contribution in [0.25, 0.3) is 0 Å². The summed E-state index contributed by atoms with van der Waals surface area (Å²) >= 11 is 3.57. The van der Waals surface area contributed by atoms with E-state index in [0.29, 0.717) is 24.5 Å². The maximum atomic E-state index is 11.8. The molecule has 0 aliphatic heterocycles. The van der Waals surface area contributed by atoms with Gasteiger partial charge in [-0.25, -0.2) is 0 Å². The van der Waals surface area contributed by atoms with E-state index in [-0.39, 0.29) is 11.9 Å². The van der Waals surface area contributed by atoms with Gasteiger partial charge in [-0.1, -0.05) is 64.5 Å². The summed E-state index contributed by atoms with van der Waals surface area (Å²) in [4.78, 5) is 12.2. The van der Waals surface area contributed by atoms with Crippen LogP contribution in [0.5, 0.6) is 5.75 Å². The van der Waals surface area contributed by atoms with Gasteiger partial charge in [0, 0.05) is 10.7 Å². The van der Waals surface area contributed by atoms with Gasteiger partial charge in [0.05, 0.1) is 13.0 Å². The van der Waals surface area contributed by atoms with Gasteiger partial charge >= 0.3 is 5.97 Å². The Morgan fingerprint density at radius 3 is 2.26 bits per heavy atom. The highest BCUT2D eigenvalue weighted by atomic mass is 79.9. The second-order valence-electron chi connectivity index (χ2n) is 6.36. The molecule has 0 aliphatic rings. The Labute approximate surface area is 170 Å². The molecule has 2 aromatic carbocycles. The predicted octanol–water partition coefficient (Wildman–Crippen LogP) is 6.33. The minimum Gasteiger partial charge on any atom is -0.489 e. The third kappa shape index (κ3) is 6.87. The second kappa shape index (κ2) is 10.9. The summed E-state index contributed by atoms with van der Waals surface area (Å²) in [5.41, 5.74) is 3.45. The van der Waals surface area contributed by atoms with Gasteiger partial charge in [-0.3, -0.25) is 4.79 Å². The summed E-state index contributed by atoms with van der Waals surface area (Å²) < 4.78 is 11.0. The Kier molecular flexibility index (Phi) is 8.59. The van der Waals surface area contributed by atoms with Crippen LogP contribution < -0.4 is 4.74 Å². The van der Waals surface area contributed by atoms with E-state index in [0.717, 1.165) is 16.9 Å². The first-order chi connectivity index (χ1) is 13.0. The number of allylic oxidation sites excluding steroid dienone is 2. The molecule has 0 fully saturated rings. The molecule has 0 aliphatic carbocycles. The van der Waals surface area contributed by atoms with E-state index in [9.17, 15) is 4.79 Å². The van der Waals surface area contributed by atoms with Gasteiger partial charge in [0.1, 0.15) is 12.4 Å². The molecule has 27 heavy (non-hydrogen) atoms. The molecule has 0 heterocycles. The highest BCUT2D eigenvalue weighted by Crippen LogP contribution is 2.25. The average molecular weight is 431 g/mol. The number of carbonyl (C=O) groups excluding carboxylic acids is 1. The van der Waals surface area contributed by atoms with Crippen molar-refractivity contribution in [2.75, 3.05) is 6.61 Å². The van der Waals surface area contributed by atoms with E-state index in [1.807, 2.05) is 50.3 Å². The lowest BCUT2D eigenvalue weighted by Crippen LogP contribution is -2.09. The van der Waals surface area contributed by atoms with Crippen LogP contribution in [0.2, 0.25) is 0 Å². The smallest absolute Gasteiger partial charge is 0.306 e. The fourth-order valence-corrected chi connectivity index (χ4v) is 3.09. The zero-order chi connectivity index (χ0) is 19.6. The molecule has 0 aromatic heterocycles. The van der Waals surface area contributed by atoms with Gasteiger partial charge in [0.25, 0.3) is 0 Å². The standard InChI is InChI=1S/C23H27BrO3/c1-4-6-21(15-23(25)26-5-2)20-11-13-22(14-12-20)27-16-18-7-9-19(10-8-18)17(3)24/h4,6-14,17,21H,5,15-16H2,1-3H3/t17?,21-/m1/s1. The van der Waals surface area contributed by atoms with Crippen molar-refractivity contribution in [3.8, 4) is 5.75 Å². The molecule has 2 rings (SSSR count). The first kappa shape index (κ1) is 21.2. The zero-order valence-electron chi connectivity index (χ0n) is 16.2. The van der Waals surface area contributed by atoms with Crippen molar-refractivity contribution in [1.29, 1.82) is 0 Å². The highest BCUT2D eigenvalue weighted by molar-refractivity contribution is 9.09. The molecule has 0 saturated carbocycles. The number of esters is 1. The molecule has 144 valence electrons. The Morgan fingerprint density at radius 2 is 1.70 bits per heavy atom. The van der Waals surface area contributed by atoms with E-state index in [1.165, 1.54) is 5.56 Å². The summed E-state index contributed by atoms with van der Waals surface area (Å²) in [6.07, 6.45) is 4.34. The molecule has 0 saturated heterocycles. The lowest BCUT2D eigenvalue weighted by molar-refractivity contribution is -0.143. The fraction of sp³-hybridized carbons (Fsp3) is 0.348. The van der Waals surface area contributed by atoms with Crippen molar-refractivity contribution < 1.29 is 14.3 Å². The van der Waals surface area contributed by atoms with Crippen LogP contribution in [-0.4, -0.2) is 12.6 Å². The summed E-state index contributed by atoms with van der Waals surface area (Å²) in [5, 5.41) is 0. The zero-order valence-corrected chi connectivity index (χ0v) is 17.7. The van der Waals surface area contributed by atoms with Crippen molar-refractivity contribution in [3.05, 3.63) is 77.4 Å². The number of benzene rings is 2. The van der Waals surface area contributed by atoms with Crippen LogP contribution in [0.15, 0.2) is 60.7 Å². The number of carbonyl (C=O) groups is 1. The van der Waals surface area contributed by atoms with Crippen LogP contribution in [0.3, 0.4) is 0 Å². The first-order valence-electron chi connectivity index (χ1n) is 9.27. The van der Waals surface area contributed by atoms with Gasteiger partial charge in [0.15, 0.2) is 0 Å². The summed E-state index contributed by atoms with van der Waals surface area (Å²) in [5.74, 6) is 0.649. The fourth-order valence-electron chi connectivity index (χ4n) is 2.79. The Bertz CT molecular complexity index is 733. The van der Waals surface area contributed by atoms with Gasteiger partial charge in [-0.15, -0.1) is 0 Å². The third-order valence-corrected chi connectivity index (χ3v) is 4.80. The van der Waals surface area contributed by atoms with Crippen LogP contribution in [-0.2, 0) is 16.1 Å². The van der Waals surface area contributed by atoms with Gasteiger partial charge in [-0.2, -0.15) is 0 Å². The SMILES string of the molecule is CC=C[C@H](CC(=O)OCC)c1ccc(OCc2ccc(C(C)Br)cc2)cc1. The normalized spacial score (nSPS) is 13.3. The molecule has 2 atom stereocenters. The largest absolute Gasteiger partial charge is 0.489 e. The molecule has 4 heteroatoms. The van der Waals surface area contributed by atoms with Gasteiger partial charge in [-0.05, 0) is 49.6 Å². The van der Waals surface area contributed by atoms with E-state index in [2.05, 4.69) is 47.1 Å². The molecular formula is C23H27BrO3. The molecule has 0 spiro atoms. The van der Waals surface area contributed by atoms with Crippen molar-refractivity contribution in [1.82, 2.24) is 0 Å². The number of rotatable bonds is 9. The highest BCUT2D eigenvalue weighted by Gasteiger charge is 2.14. The van der Waals surface area contributed by atoms with Crippen molar-refractivity contribution >= 4 is 21.9 Å². The average Bonchev–Trinajstić information content (AvgIpc) is 2.67. The van der Waals surface area contributed by atoms with E-state index < -0.39 is 0 Å². The Morgan fingerprint density at radius 1 is 1.07 bits per heavy atom. The molecule has 3 nitrogen and oxygen atoms in total. The lowest BCUT2D eigenvalue weighted by atomic mass is 9.95. The quantitative estimate of drug-likeness (QED) is 0.264.